The number of rotatable bonds is 13. The molecule has 3 aliphatic heterocycles. The number of ether oxygens (including phenoxy) is 6. The molecule has 4 saturated carbocycles. The van der Waals surface area contributed by atoms with E-state index < -0.39 is 129 Å². The topological polar surface area (TPSA) is 298 Å². The van der Waals surface area contributed by atoms with Gasteiger partial charge in [-0.05, 0) is 124 Å². The van der Waals surface area contributed by atoms with E-state index in [9.17, 15) is 61.3 Å². The number of aliphatic hydroxyl groups excluding tert-OH is 12. The molecule has 0 aromatic heterocycles. The number of hydrogen-bond acceptors (Lipinski definition) is 18. The van der Waals surface area contributed by atoms with Gasteiger partial charge in [0.2, 0.25) is 0 Å². The van der Waals surface area contributed by atoms with E-state index in [1.165, 1.54) is 0 Å². The van der Waals surface area contributed by atoms with Crippen LogP contribution in [0.1, 0.15) is 113 Å². The van der Waals surface area contributed by atoms with Crippen molar-refractivity contribution in [2.24, 2.45) is 45.3 Å². The lowest BCUT2D eigenvalue weighted by Gasteiger charge is -2.71. The Kier molecular flexibility index (Phi) is 15.7. The molecule has 18 heteroatoms. The molecule has 66 heavy (non-hydrogen) atoms. The van der Waals surface area contributed by atoms with Crippen LogP contribution in [-0.2, 0) is 28.4 Å². The average Bonchev–Trinajstić information content (AvgIpc) is 3.65. The van der Waals surface area contributed by atoms with Crippen molar-refractivity contribution in [3.05, 3.63) is 11.6 Å². The lowest BCUT2D eigenvalue weighted by molar-refractivity contribution is -0.350. The Hall–Kier alpha value is -0.980. The summed E-state index contributed by atoms with van der Waals surface area (Å²) in [6, 6.07) is 0. The largest absolute Gasteiger partial charge is 0.394 e. The highest BCUT2D eigenvalue weighted by Crippen LogP contribution is 2.76. The third kappa shape index (κ3) is 8.90. The maximum Gasteiger partial charge on any atom is 0.187 e. The Labute approximate surface area is 388 Å². The maximum absolute atomic E-state index is 12.7. The second-order valence-corrected chi connectivity index (χ2v) is 22.9. The first-order valence-electron chi connectivity index (χ1n) is 24.4. The van der Waals surface area contributed by atoms with E-state index >= 15 is 0 Å². The zero-order valence-corrected chi connectivity index (χ0v) is 40.0. The average molecular weight is 947 g/mol. The molecule has 7 fully saturated rings. The SMILES string of the molecule is CC(C)=CCCC(C)(O[C@@H]1O[C@H](CO[C@@H]2O[C@H](CO)[C@@H](O)[C@H](O)[C@H]2O)[C@@H](O)[C@H](O)[C@H]1O)[C@H]1CC[C@]2(C)[C@@H]1[C@H](O)C[C@@H]1[C@@]3(C)CC[C@H](O[C@@H]4O[C@H](CO)[C@@H](O)[C@H](O)[C@H]4O)C(C)(C)[C@@H]3CC[C@]12C. The lowest BCUT2D eigenvalue weighted by atomic mass is 9.35. The van der Waals surface area contributed by atoms with Crippen LogP contribution in [0.4, 0.5) is 0 Å². The van der Waals surface area contributed by atoms with E-state index in [-0.39, 0.29) is 46.0 Å². The van der Waals surface area contributed by atoms with E-state index in [4.69, 9.17) is 28.4 Å². The summed E-state index contributed by atoms with van der Waals surface area (Å²) in [6.07, 6.45) is -14.9. The number of fused-ring (bicyclic) bond motifs is 5. The summed E-state index contributed by atoms with van der Waals surface area (Å²) in [6.45, 7) is 15.8. The molecule has 0 aromatic carbocycles. The monoisotopic (exact) mass is 947 g/mol. The Bertz CT molecular complexity index is 1680. The molecule has 0 bridgehead atoms. The van der Waals surface area contributed by atoms with Gasteiger partial charge in [0.1, 0.15) is 73.2 Å². The fraction of sp³-hybridized carbons (Fsp3) is 0.958. The summed E-state index contributed by atoms with van der Waals surface area (Å²) in [5.74, 6) is -0.128. The Morgan fingerprint density at radius 3 is 1.74 bits per heavy atom. The minimum absolute atomic E-state index is 0.133. The lowest BCUT2D eigenvalue weighted by Crippen LogP contribution is -2.67. The molecule has 7 aliphatic rings. The van der Waals surface area contributed by atoms with Crippen LogP contribution >= 0.6 is 0 Å². The van der Waals surface area contributed by atoms with Crippen molar-refractivity contribution in [1.29, 1.82) is 0 Å². The van der Waals surface area contributed by atoms with Crippen LogP contribution in [0.15, 0.2) is 11.6 Å². The molecule has 0 radical (unpaired) electrons. The fourth-order valence-electron chi connectivity index (χ4n) is 14.8. The quantitative estimate of drug-likeness (QED) is 0.0853. The predicted molar refractivity (Wildman–Crippen MR) is 234 cm³/mol. The van der Waals surface area contributed by atoms with Gasteiger partial charge in [-0.2, -0.15) is 0 Å². The summed E-state index contributed by atoms with van der Waals surface area (Å²) in [5, 5.41) is 129. The predicted octanol–water partition coefficient (Wildman–Crippen LogP) is -0.0268. The van der Waals surface area contributed by atoms with Crippen LogP contribution in [0.5, 0.6) is 0 Å². The van der Waals surface area contributed by atoms with E-state index in [1.54, 1.807) is 0 Å². The summed E-state index contributed by atoms with van der Waals surface area (Å²) >= 11 is 0. The molecule has 3 saturated heterocycles. The third-order valence-corrected chi connectivity index (χ3v) is 18.8. The van der Waals surface area contributed by atoms with Crippen LogP contribution in [0.25, 0.3) is 0 Å². The van der Waals surface area contributed by atoms with E-state index in [0.29, 0.717) is 32.1 Å². The molecule has 3 heterocycles. The summed E-state index contributed by atoms with van der Waals surface area (Å²) in [7, 11) is 0. The van der Waals surface area contributed by atoms with Crippen molar-refractivity contribution in [2.75, 3.05) is 19.8 Å². The van der Waals surface area contributed by atoms with Gasteiger partial charge in [0.25, 0.3) is 0 Å². The first-order valence-corrected chi connectivity index (χ1v) is 24.4. The minimum atomic E-state index is -1.72. The minimum Gasteiger partial charge on any atom is -0.394 e. The third-order valence-electron chi connectivity index (χ3n) is 18.8. The maximum atomic E-state index is 12.7. The van der Waals surface area contributed by atoms with Gasteiger partial charge in [0.05, 0.1) is 37.6 Å². The normalized spacial score (nSPS) is 52.4. The Morgan fingerprint density at radius 1 is 0.621 bits per heavy atom. The zero-order valence-electron chi connectivity index (χ0n) is 40.0. The first-order chi connectivity index (χ1) is 30.8. The molecule has 25 atom stereocenters. The number of aliphatic hydroxyl groups is 12. The van der Waals surface area contributed by atoms with Gasteiger partial charge in [-0.3, -0.25) is 0 Å². The van der Waals surface area contributed by atoms with Crippen molar-refractivity contribution in [2.45, 2.75) is 223 Å². The molecule has 1 unspecified atom stereocenters. The van der Waals surface area contributed by atoms with Crippen LogP contribution in [0, 0.1) is 45.3 Å². The molecular formula is C48H82O18. The van der Waals surface area contributed by atoms with Crippen molar-refractivity contribution < 1.29 is 89.7 Å². The molecule has 0 amide bonds. The number of hydrogen-bond donors (Lipinski definition) is 12. The molecule has 382 valence electrons. The van der Waals surface area contributed by atoms with Crippen molar-refractivity contribution >= 4 is 0 Å². The highest BCUT2D eigenvalue weighted by atomic mass is 16.7. The molecule has 18 nitrogen and oxygen atoms in total. The first kappa shape index (κ1) is 52.8. The highest BCUT2D eigenvalue weighted by molar-refractivity contribution is 5.20. The second-order valence-electron chi connectivity index (χ2n) is 22.9. The van der Waals surface area contributed by atoms with Gasteiger partial charge >= 0.3 is 0 Å². The summed E-state index contributed by atoms with van der Waals surface area (Å²) in [5.41, 5.74) is -1.06. The molecule has 0 aromatic rings. The Balaban J connectivity index is 1.11. The standard InChI is InChI=1S/C48H82O18/c1-22(2)10-9-14-48(8,66-43-40(60)37(57)34(54)27(64-43)21-61-41-38(58)35(55)32(52)25(19-49)62-41)23-11-16-47(7)31(23)24(51)18-29-45(5)15-13-30(44(3,4)28(45)12-17-46(29,47)6)65-42-39(59)36(56)33(53)26(20-50)63-42/h10,23-43,49-60H,9,11-21H2,1-8H3/t23-,24+,25+,26+,27+,28-,29+,30-,31-,32+,33+,34+,35-,36-,37-,38+,39+,40+,41+,42-,43-,45-,46+,47+,48?/m0/s1. The highest BCUT2D eigenvalue weighted by Gasteiger charge is 2.72. The second kappa shape index (κ2) is 19.6. The fourth-order valence-corrected chi connectivity index (χ4v) is 14.8. The van der Waals surface area contributed by atoms with E-state index in [0.717, 1.165) is 31.3 Å². The summed E-state index contributed by atoms with van der Waals surface area (Å²) < 4.78 is 36.6. The van der Waals surface area contributed by atoms with Gasteiger partial charge in [-0.1, -0.05) is 46.3 Å². The van der Waals surface area contributed by atoms with Gasteiger partial charge in [0.15, 0.2) is 18.9 Å². The van der Waals surface area contributed by atoms with Gasteiger partial charge < -0.3 is 89.7 Å². The van der Waals surface area contributed by atoms with Crippen LogP contribution in [0.2, 0.25) is 0 Å². The van der Waals surface area contributed by atoms with Crippen molar-refractivity contribution in [1.82, 2.24) is 0 Å². The molecule has 7 rings (SSSR count). The van der Waals surface area contributed by atoms with Crippen molar-refractivity contribution in [3.8, 4) is 0 Å². The Morgan fingerprint density at radius 2 is 1.15 bits per heavy atom. The van der Waals surface area contributed by atoms with Gasteiger partial charge in [0, 0.05) is 0 Å². The summed E-state index contributed by atoms with van der Waals surface area (Å²) in [4.78, 5) is 0. The van der Waals surface area contributed by atoms with E-state index in [2.05, 4.69) is 40.7 Å². The van der Waals surface area contributed by atoms with Gasteiger partial charge in [-0.15, -0.1) is 0 Å². The van der Waals surface area contributed by atoms with Crippen LogP contribution in [0.3, 0.4) is 0 Å². The molecule has 4 aliphatic carbocycles. The zero-order chi connectivity index (χ0) is 48.6. The smallest absolute Gasteiger partial charge is 0.187 e. The molecular weight excluding hydrogens is 865 g/mol. The van der Waals surface area contributed by atoms with Crippen LogP contribution < -0.4 is 0 Å². The molecule has 12 N–H and O–H groups in total. The van der Waals surface area contributed by atoms with Crippen molar-refractivity contribution in [3.63, 3.8) is 0 Å². The van der Waals surface area contributed by atoms with E-state index in [1.807, 2.05) is 20.8 Å². The number of allylic oxidation sites excluding steroid dienone is 2. The molecule has 0 spiro atoms. The van der Waals surface area contributed by atoms with Gasteiger partial charge in [-0.25, -0.2) is 0 Å². The van der Waals surface area contributed by atoms with Crippen LogP contribution in [-0.4, -0.2) is 191 Å².